The molecule has 148 valence electrons. The number of fused-ring (bicyclic) bond motifs is 2. The van der Waals surface area contributed by atoms with Crippen molar-refractivity contribution >= 4 is 55.3 Å². The van der Waals surface area contributed by atoms with Crippen molar-refractivity contribution in [2.45, 2.75) is 12.1 Å². The van der Waals surface area contributed by atoms with Gasteiger partial charge in [-0.15, -0.1) is 10.2 Å². The van der Waals surface area contributed by atoms with E-state index in [0.29, 0.717) is 16.2 Å². The molecule has 3 heterocycles. The highest BCUT2D eigenvalue weighted by atomic mass is 32.2. The molecule has 0 saturated heterocycles. The van der Waals surface area contributed by atoms with Crippen LogP contribution in [0.4, 0.5) is 5.13 Å². The molecule has 0 bridgehead atoms. The first kappa shape index (κ1) is 18.7. The zero-order valence-electron chi connectivity index (χ0n) is 15.8. The summed E-state index contributed by atoms with van der Waals surface area (Å²) in [4.78, 5) is 21.0. The summed E-state index contributed by atoms with van der Waals surface area (Å²) < 4.78 is 6.75. The monoisotopic (exact) mass is 433 g/mol. The second kappa shape index (κ2) is 7.85. The molecule has 3 aromatic heterocycles. The zero-order valence-corrected chi connectivity index (χ0v) is 17.5. The van der Waals surface area contributed by atoms with E-state index in [1.54, 1.807) is 6.20 Å². The van der Waals surface area contributed by atoms with Gasteiger partial charge in [-0.25, -0.2) is 4.98 Å². The van der Waals surface area contributed by atoms with Gasteiger partial charge in [0.15, 0.2) is 5.13 Å². The minimum Gasteiger partial charge on any atom is -0.411 e. The number of rotatable bonds is 5. The highest BCUT2D eigenvalue weighted by Gasteiger charge is 2.13. The maximum Gasteiger partial charge on any atom is 0.277 e. The Kier molecular flexibility index (Phi) is 4.89. The predicted molar refractivity (Wildman–Crippen MR) is 119 cm³/mol. The van der Waals surface area contributed by atoms with Crippen molar-refractivity contribution in [1.29, 1.82) is 0 Å². The lowest BCUT2D eigenvalue weighted by atomic mass is 10.1. The minimum absolute atomic E-state index is 0.151. The lowest BCUT2D eigenvalue weighted by Crippen LogP contribution is -2.13. The van der Waals surface area contributed by atoms with E-state index in [0.717, 1.165) is 32.2 Å². The van der Waals surface area contributed by atoms with Gasteiger partial charge in [0, 0.05) is 17.1 Å². The number of amides is 1. The summed E-state index contributed by atoms with van der Waals surface area (Å²) >= 11 is 2.64. The van der Waals surface area contributed by atoms with Gasteiger partial charge in [0.25, 0.3) is 5.22 Å². The zero-order chi connectivity index (χ0) is 20.5. The number of nitrogens with one attached hydrogen (secondary N) is 1. The fourth-order valence-corrected chi connectivity index (χ4v) is 4.50. The molecule has 7 nitrogen and oxygen atoms in total. The van der Waals surface area contributed by atoms with E-state index in [1.165, 1.54) is 23.1 Å². The van der Waals surface area contributed by atoms with Crippen LogP contribution in [-0.4, -0.2) is 31.8 Å². The third-order valence-corrected chi connectivity index (χ3v) is 6.13. The Morgan fingerprint density at radius 1 is 1.13 bits per heavy atom. The van der Waals surface area contributed by atoms with Crippen LogP contribution in [0.25, 0.3) is 32.6 Å². The van der Waals surface area contributed by atoms with Crippen LogP contribution >= 0.6 is 23.1 Å². The number of carbonyl (C=O) groups excluding carboxylic acids is 1. The predicted octanol–water partition coefficient (Wildman–Crippen LogP) is 4.93. The van der Waals surface area contributed by atoms with E-state index >= 15 is 0 Å². The number of nitrogens with zero attached hydrogens (tertiary/aromatic N) is 4. The van der Waals surface area contributed by atoms with Crippen molar-refractivity contribution in [2.24, 2.45) is 0 Å². The smallest absolute Gasteiger partial charge is 0.277 e. The Morgan fingerprint density at radius 2 is 2.03 bits per heavy atom. The van der Waals surface area contributed by atoms with Gasteiger partial charge in [-0.1, -0.05) is 35.2 Å². The minimum atomic E-state index is -0.174. The Balaban J connectivity index is 1.24. The Hall–Kier alpha value is -3.30. The average molecular weight is 434 g/mol. The van der Waals surface area contributed by atoms with Crippen LogP contribution < -0.4 is 5.32 Å². The van der Waals surface area contributed by atoms with Crippen LogP contribution in [0.15, 0.2) is 64.4 Å². The Morgan fingerprint density at radius 3 is 2.97 bits per heavy atom. The van der Waals surface area contributed by atoms with Gasteiger partial charge in [-0.05, 0) is 48.9 Å². The van der Waals surface area contributed by atoms with E-state index in [9.17, 15) is 4.79 Å². The Bertz CT molecular complexity index is 1380. The van der Waals surface area contributed by atoms with Crippen LogP contribution in [0.3, 0.4) is 0 Å². The first-order chi connectivity index (χ1) is 14.6. The normalized spacial score (nSPS) is 11.2. The average Bonchev–Trinajstić information content (AvgIpc) is 3.38. The number of pyridine rings is 1. The van der Waals surface area contributed by atoms with Crippen molar-refractivity contribution in [3.63, 3.8) is 0 Å². The summed E-state index contributed by atoms with van der Waals surface area (Å²) in [6, 6.07) is 15.6. The summed E-state index contributed by atoms with van der Waals surface area (Å²) in [5.74, 6) is 0.385. The third kappa shape index (κ3) is 3.89. The molecule has 0 unspecified atom stereocenters. The lowest BCUT2D eigenvalue weighted by molar-refractivity contribution is -0.113. The SMILES string of the molecule is Cc1ccc2nc(NC(=O)CSc3nnc(-c4ccc5ncccc5c4)o3)sc2c1. The molecule has 30 heavy (non-hydrogen) atoms. The molecule has 0 saturated carbocycles. The van der Waals surface area contributed by atoms with Crippen molar-refractivity contribution in [2.75, 3.05) is 11.1 Å². The van der Waals surface area contributed by atoms with Crippen LogP contribution in [0, 0.1) is 6.92 Å². The quantitative estimate of drug-likeness (QED) is 0.393. The van der Waals surface area contributed by atoms with Crippen LogP contribution in [0.2, 0.25) is 0 Å². The van der Waals surface area contributed by atoms with E-state index in [1.807, 2.05) is 49.4 Å². The molecule has 1 N–H and O–H groups in total. The Labute approximate surface area is 179 Å². The molecular formula is C21H15N5O2S2. The highest BCUT2D eigenvalue weighted by molar-refractivity contribution is 7.99. The van der Waals surface area contributed by atoms with E-state index in [4.69, 9.17) is 4.42 Å². The number of aryl methyl sites for hydroxylation is 1. The molecule has 0 aliphatic heterocycles. The van der Waals surface area contributed by atoms with Gasteiger partial charge < -0.3 is 9.73 Å². The standard InChI is InChI=1S/C21H15N5O2S2/c1-12-4-6-16-17(9-12)30-20(23-16)24-18(27)11-29-21-26-25-19(28-21)14-5-7-15-13(10-14)3-2-8-22-15/h2-10H,11H2,1H3,(H,23,24,27). The maximum absolute atomic E-state index is 12.3. The summed E-state index contributed by atoms with van der Waals surface area (Å²) in [6.07, 6.45) is 1.75. The van der Waals surface area contributed by atoms with Gasteiger partial charge in [0.05, 0.1) is 21.5 Å². The molecule has 0 atom stereocenters. The van der Waals surface area contributed by atoms with Crippen LogP contribution in [-0.2, 0) is 4.79 Å². The van der Waals surface area contributed by atoms with Crippen molar-refractivity contribution in [3.8, 4) is 11.5 Å². The van der Waals surface area contributed by atoms with E-state index in [-0.39, 0.29) is 11.7 Å². The lowest BCUT2D eigenvalue weighted by Gasteiger charge is -1.99. The van der Waals surface area contributed by atoms with Gasteiger partial charge in [-0.3, -0.25) is 9.78 Å². The number of benzene rings is 2. The number of thiazole rings is 1. The van der Waals surface area contributed by atoms with Crippen molar-refractivity contribution in [1.82, 2.24) is 20.2 Å². The van der Waals surface area contributed by atoms with Crippen LogP contribution in [0.5, 0.6) is 0 Å². The number of anilines is 1. The summed E-state index contributed by atoms with van der Waals surface area (Å²) in [7, 11) is 0. The molecule has 0 aliphatic carbocycles. The fraction of sp³-hybridized carbons (Fsp3) is 0.0952. The number of hydrogen-bond acceptors (Lipinski definition) is 8. The number of aromatic nitrogens is 4. The number of hydrogen-bond donors (Lipinski definition) is 1. The topological polar surface area (TPSA) is 93.8 Å². The first-order valence-corrected chi connectivity index (χ1v) is 10.9. The fourth-order valence-electron chi connectivity index (χ4n) is 2.96. The number of carbonyl (C=O) groups is 1. The second-order valence-corrected chi connectivity index (χ2v) is 8.57. The van der Waals surface area contributed by atoms with E-state index < -0.39 is 0 Å². The molecule has 2 aromatic carbocycles. The largest absolute Gasteiger partial charge is 0.411 e. The van der Waals surface area contributed by atoms with Gasteiger partial charge >= 0.3 is 0 Å². The van der Waals surface area contributed by atoms with E-state index in [2.05, 4.69) is 31.5 Å². The molecule has 1 amide bonds. The molecule has 0 aliphatic rings. The van der Waals surface area contributed by atoms with Crippen LogP contribution in [0.1, 0.15) is 5.56 Å². The molecular weight excluding hydrogens is 418 g/mol. The summed E-state index contributed by atoms with van der Waals surface area (Å²) in [5, 5.41) is 12.9. The summed E-state index contributed by atoms with van der Waals surface area (Å²) in [5.41, 5.74) is 3.75. The molecule has 9 heteroatoms. The molecule has 5 rings (SSSR count). The second-order valence-electron chi connectivity index (χ2n) is 6.61. The molecule has 5 aromatic rings. The summed E-state index contributed by atoms with van der Waals surface area (Å²) in [6.45, 7) is 2.03. The third-order valence-electron chi connectivity index (χ3n) is 4.37. The molecule has 0 spiro atoms. The van der Waals surface area contributed by atoms with Gasteiger partial charge in [-0.2, -0.15) is 0 Å². The van der Waals surface area contributed by atoms with Crippen molar-refractivity contribution < 1.29 is 9.21 Å². The highest BCUT2D eigenvalue weighted by Crippen LogP contribution is 2.28. The maximum atomic E-state index is 12.3. The van der Waals surface area contributed by atoms with Crippen molar-refractivity contribution in [3.05, 3.63) is 60.3 Å². The van der Waals surface area contributed by atoms with Gasteiger partial charge in [0.1, 0.15) is 0 Å². The number of thioether (sulfide) groups is 1. The first-order valence-electron chi connectivity index (χ1n) is 9.12. The van der Waals surface area contributed by atoms with Gasteiger partial charge in [0.2, 0.25) is 11.8 Å². The molecule has 0 fully saturated rings. The molecule has 0 radical (unpaired) electrons.